The molecule has 0 atom stereocenters. The van der Waals surface area contributed by atoms with E-state index in [1.54, 1.807) is 0 Å². The maximum Gasteiger partial charge on any atom is 0.0539 e. The molecule has 1 heterocycles. The number of nitrogens with one attached hydrogen (secondary N) is 1. The molecule has 2 aromatic rings. The van der Waals surface area contributed by atoms with E-state index in [1.165, 1.54) is 47.8 Å². The third kappa shape index (κ3) is 0.998. The Morgan fingerprint density at radius 2 is 2.15 bits per heavy atom. The van der Waals surface area contributed by atoms with Gasteiger partial charge in [-0.3, -0.25) is 0 Å². The Morgan fingerprint density at radius 3 is 3.15 bits per heavy atom. The Hall–Kier alpha value is -1.24. The average Bonchev–Trinajstić information content (AvgIpc) is 2.56. The number of aryl methyl sites for hydroxylation is 2. The van der Waals surface area contributed by atoms with Gasteiger partial charge in [0, 0.05) is 17.1 Å². The SMILES string of the molecule is [c]1cccc2c3c([nH]c12)CCCC3. The number of hydrogen-bond acceptors (Lipinski definition) is 0. The number of fused-ring (bicyclic) bond motifs is 3. The van der Waals surface area contributed by atoms with Crippen LogP contribution in [0.2, 0.25) is 0 Å². The number of para-hydroxylation sites is 1. The van der Waals surface area contributed by atoms with E-state index in [1.807, 2.05) is 6.07 Å². The van der Waals surface area contributed by atoms with Crippen LogP contribution in [-0.4, -0.2) is 4.98 Å². The first-order valence-corrected chi connectivity index (χ1v) is 4.95. The molecule has 1 N–H and O–H groups in total. The van der Waals surface area contributed by atoms with Gasteiger partial charge in [0.05, 0.1) is 5.52 Å². The lowest BCUT2D eigenvalue weighted by atomic mass is 9.96. The maximum absolute atomic E-state index is 3.46. The van der Waals surface area contributed by atoms with Gasteiger partial charge < -0.3 is 4.98 Å². The van der Waals surface area contributed by atoms with Gasteiger partial charge in [0.1, 0.15) is 0 Å². The van der Waals surface area contributed by atoms with Crippen molar-refractivity contribution in [2.45, 2.75) is 25.7 Å². The summed E-state index contributed by atoms with van der Waals surface area (Å²) in [5.74, 6) is 0. The minimum absolute atomic E-state index is 1.19. The lowest BCUT2D eigenvalue weighted by Crippen LogP contribution is -1.99. The minimum atomic E-state index is 1.19. The second-order valence-corrected chi connectivity index (χ2v) is 3.75. The fourth-order valence-electron chi connectivity index (χ4n) is 2.28. The Kier molecular flexibility index (Phi) is 1.45. The number of aromatic nitrogens is 1. The molecule has 3 rings (SSSR count). The van der Waals surface area contributed by atoms with Crippen LogP contribution in [0.5, 0.6) is 0 Å². The Balaban J connectivity index is 2.34. The first-order valence-electron chi connectivity index (χ1n) is 4.95. The van der Waals surface area contributed by atoms with Crippen LogP contribution in [0, 0.1) is 6.07 Å². The largest absolute Gasteiger partial charge is 0.358 e. The summed E-state index contributed by atoms with van der Waals surface area (Å²) in [6.45, 7) is 0. The van der Waals surface area contributed by atoms with Crippen molar-refractivity contribution < 1.29 is 0 Å². The van der Waals surface area contributed by atoms with Crippen molar-refractivity contribution >= 4 is 10.9 Å². The lowest BCUT2D eigenvalue weighted by Gasteiger charge is -2.10. The summed E-state index contributed by atoms with van der Waals surface area (Å²) in [5.41, 5.74) is 4.18. The van der Waals surface area contributed by atoms with Crippen molar-refractivity contribution in [3.05, 3.63) is 35.5 Å². The van der Waals surface area contributed by atoms with Crippen molar-refractivity contribution in [3.63, 3.8) is 0 Å². The summed E-state index contributed by atoms with van der Waals surface area (Å²) in [5, 5.41) is 1.39. The predicted octanol–water partition coefficient (Wildman–Crippen LogP) is 2.85. The lowest BCUT2D eigenvalue weighted by molar-refractivity contribution is 0.680. The summed E-state index contributed by atoms with van der Waals surface area (Å²) >= 11 is 0. The summed E-state index contributed by atoms with van der Waals surface area (Å²) in [4.78, 5) is 3.46. The Bertz CT molecular complexity index is 439. The molecule has 0 spiro atoms. The molecule has 1 aliphatic rings. The molecule has 0 saturated carbocycles. The van der Waals surface area contributed by atoms with E-state index in [-0.39, 0.29) is 0 Å². The van der Waals surface area contributed by atoms with Crippen molar-refractivity contribution in [2.75, 3.05) is 0 Å². The molecule has 1 nitrogen and oxygen atoms in total. The molecule has 1 aromatic heterocycles. The number of rotatable bonds is 0. The number of aromatic amines is 1. The highest BCUT2D eigenvalue weighted by atomic mass is 14.7. The van der Waals surface area contributed by atoms with Crippen LogP contribution < -0.4 is 0 Å². The topological polar surface area (TPSA) is 15.8 Å². The predicted molar refractivity (Wildman–Crippen MR) is 53.8 cm³/mol. The second kappa shape index (κ2) is 2.63. The second-order valence-electron chi connectivity index (χ2n) is 3.75. The fraction of sp³-hybridized carbons (Fsp3) is 0.333. The Morgan fingerprint density at radius 1 is 1.23 bits per heavy atom. The van der Waals surface area contributed by atoms with Gasteiger partial charge in [-0.05, 0) is 31.2 Å². The fourth-order valence-corrected chi connectivity index (χ4v) is 2.28. The molecule has 13 heavy (non-hydrogen) atoms. The third-order valence-corrected chi connectivity index (χ3v) is 2.92. The van der Waals surface area contributed by atoms with Crippen LogP contribution in [0.1, 0.15) is 24.1 Å². The highest BCUT2D eigenvalue weighted by Crippen LogP contribution is 2.28. The molecular formula is C12H12N. The molecule has 0 fully saturated rings. The number of hydrogen-bond donors (Lipinski definition) is 1. The van der Waals surface area contributed by atoms with Crippen molar-refractivity contribution in [3.8, 4) is 0 Å². The van der Waals surface area contributed by atoms with Crippen LogP contribution in [0.15, 0.2) is 18.2 Å². The van der Waals surface area contributed by atoms with Gasteiger partial charge >= 0.3 is 0 Å². The maximum atomic E-state index is 3.46. The van der Waals surface area contributed by atoms with Crippen LogP contribution in [0.4, 0.5) is 0 Å². The van der Waals surface area contributed by atoms with Crippen molar-refractivity contribution in [1.82, 2.24) is 4.98 Å². The van der Waals surface area contributed by atoms with Crippen molar-refractivity contribution in [1.29, 1.82) is 0 Å². The minimum Gasteiger partial charge on any atom is -0.358 e. The first kappa shape index (κ1) is 7.19. The normalized spacial score (nSPS) is 16.0. The molecule has 0 amide bonds. The van der Waals surface area contributed by atoms with Gasteiger partial charge in [-0.15, -0.1) is 0 Å². The van der Waals surface area contributed by atoms with E-state index in [0.717, 1.165) is 0 Å². The van der Waals surface area contributed by atoms with Gasteiger partial charge in [-0.25, -0.2) is 0 Å². The smallest absolute Gasteiger partial charge is 0.0539 e. The third-order valence-electron chi connectivity index (χ3n) is 2.92. The molecule has 1 aliphatic carbocycles. The van der Waals surface area contributed by atoms with Crippen LogP contribution in [-0.2, 0) is 12.8 Å². The van der Waals surface area contributed by atoms with Gasteiger partial charge in [0.2, 0.25) is 0 Å². The molecule has 0 bridgehead atoms. The first-order chi connectivity index (χ1) is 6.45. The van der Waals surface area contributed by atoms with Crippen LogP contribution in [0.25, 0.3) is 10.9 Å². The van der Waals surface area contributed by atoms with E-state index in [4.69, 9.17) is 0 Å². The molecule has 1 aromatic carbocycles. The number of H-pyrrole nitrogens is 1. The van der Waals surface area contributed by atoms with Gasteiger partial charge in [0.25, 0.3) is 0 Å². The van der Waals surface area contributed by atoms with Gasteiger partial charge in [-0.1, -0.05) is 18.2 Å². The summed E-state index contributed by atoms with van der Waals surface area (Å²) < 4.78 is 0. The zero-order valence-electron chi connectivity index (χ0n) is 7.56. The van der Waals surface area contributed by atoms with Gasteiger partial charge in [0.15, 0.2) is 0 Å². The van der Waals surface area contributed by atoms with E-state index < -0.39 is 0 Å². The molecule has 65 valence electrons. The standard InChI is InChI=1S/C12H12N/c1-3-7-11-9(5-1)10-6-2-4-8-12(10)13-11/h1,3,5,13H,2,4,6,8H2. The quantitative estimate of drug-likeness (QED) is 0.625. The molecule has 0 unspecified atom stereocenters. The van der Waals surface area contributed by atoms with E-state index in [9.17, 15) is 0 Å². The highest BCUT2D eigenvalue weighted by Gasteiger charge is 2.14. The molecular weight excluding hydrogens is 158 g/mol. The van der Waals surface area contributed by atoms with Gasteiger partial charge in [-0.2, -0.15) is 0 Å². The average molecular weight is 170 g/mol. The summed E-state index contributed by atoms with van der Waals surface area (Å²) in [6, 6.07) is 9.50. The zero-order valence-corrected chi connectivity index (χ0v) is 7.56. The number of benzene rings is 1. The summed E-state index contributed by atoms with van der Waals surface area (Å²) in [6.07, 6.45) is 5.14. The summed E-state index contributed by atoms with van der Waals surface area (Å²) in [7, 11) is 0. The van der Waals surface area contributed by atoms with E-state index in [0.29, 0.717) is 0 Å². The zero-order chi connectivity index (χ0) is 8.67. The molecule has 1 radical (unpaired) electrons. The Labute approximate surface area is 77.8 Å². The molecule has 1 heteroatoms. The molecule has 0 saturated heterocycles. The molecule has 0 aliphatic heterocycles. The van der Waals surface area contributed by atoms with Crippen LogP contribution in [0.3, 0.4) is 0 Å². The van der Waals surface area contributed by atoms with E-state index in [2.05, 4.69) is 23.2 Å². The van der Waals surface area contributed by atoms with Crippen LogP contribution >= 0.6 is 0 Å². The van der Waals surface area contributed by atoms with Crippen molar-refractivity contribution in [2.24, 2.45) is 0 Å². The van der Waals surface area contributed by atoms with E-state index >= 15 is 0 Å². The monoisotopic (exact) mass is 170 g/mol. The highest BCUT2D eigenvalue weighted by molar-refractivity contribution is 5.84.